The van der Waals surface area contributed by atoms with E-state index in [1.165, 1.54) is 18.9 Å². The maximum atomic E-state index is 11.5. The van der Waals surface area contributed by atoms with Crippen LogP contribution in [0.15, 0.2) is 23.4 Å². The summed E-state index contributed by atoms with van der Waals surface area (Å²) in [6.45, 7) is 0.451. The van der Waals surface area contributed by atoms with Gasteiger partial charge in [0, 0.05) is 19.2 Å². The number of thioether (sulfide) groups is 1. The summed E-state index contributed by atoms with van der Waals surface area (Å²) in [5.41, 5.74) is 6.27. The van der Waals surface area contributed by atoms with E-state index in [1.807, 2.05) is 0 Å². The largest absolute Gasteiger partial charge is 0.469 e. The van der Waals surface area contributed by atoms with Gasteiger partial charge in [-0.25, -0.2) is 4.98 Å². The standard InChI is InChI=1S/C12H17N3O3S/c1-18-11(17)5-3-6-14-10(16)8-19-12-9(13)4-2-7-15-12/h2,4,7H,3,5-6,8,13H2,1H3,(H,14,16). The number of nitrogens with zero attached hydrogens (tertiary/aromatic N) is 1. The van der Waals surface area contributed by atoms with Gasteiger partial charge in [0.1, 0.15) is 5.03 Å². The van der Waals surface area contributed by atoms with Crippen molar-refractivity contribution in [2.24, 2.45) is 0 Å². The minimum Gasteiger partial charge on any atom is -0.469 e. The van der Waals surface area contributed by atoms with Crippen LogP contribution in [0.2, 0.25) is 0 Å². The topological polar surface area (TPSA) is 94.3 Å². The Balaban J connectivity index is 2.18. The maximum Gasteiger partial charge on any atom is 0.305 e. The minimum absolute atomic E-state index is 0.111. The molecule has 0 radical (unpaired) electrons. The summed E-state index contributed by atoms with van der Waals surface area (Å²) >= 11 is 1.28. The van der Waals surface area contributed by atoms with Gasteiger partial charge >= 0.3 is 5.97 Å². The summed E-state index contributed by atoms with van der Waals surface area (Å²) in [5, 5.41) is 3.36. The van der Waals surface area contributed by atoms with Gasteiger partial charge in [0.2, 0.25) is 5.91 Å². The van der Waals surface area contributed by atoms with Gasteiger partial charge in [-0.05, 0) is 18.6 Å². The molecule has 0 fully saturated rings. The first-order chi connectivity index (χ1) is 9.13. The molecular weight excluding hydrogens is 266 g/mol. The van der Waals surface area contributed by atoms with E-state index in [2.05, 4.69) is 15.0 Å². The molecular formula is C12H17N3O3S. The average Bonchev–Trinajstić information content (AvgIpc) is 2.42. The number of anilines is 1. The quantitative estimate of drug-likeness (QED) is 0.437. The summed E-state index contributed by atoms with van der Waals surface area (Å²) in [4.78, 5) is 26.4. The number of methoxy groups -OCH3 is 1. The number of carbonyl (C=O) groups is 2. The molecule has 0 bridgehead atoms. The van der Waals surface area contributed by atoms with Gasteiger partial charge in [-0.15, -0.1) is 0 Å². The fourth-order valence-corrected chi connectivity index (χ4v) is 2.01. The Labute approximate surface area is 116 Å². The van der Waals surface area contributed by atoms with Crippen molar-refractivity contribution in [3.05, 3.63) is 18.3 Å². The first-order valence-electron chi connectivity index (χ1n) is 5.80. The van der Waals surface area contributed by atoms with E-state index in [0.717, 1.165) is 0 Å². The first-order valence-corrected chi connectivity index (χ1v) is 6.79. The van der Waals surface area contributed by atoms with E-state index < -0.39 is 0 Å². The number of nitrogens with two attached hydrogens (primary N) is 1. The predicted molar refractivity (Wildman–Crippen MR) is 73.6 cm³/mol. The van der Waals surface area contributed by atoms with Gasteiger partial charge in [0.25, 0.3) is 0 Å². The zero-order valence-electron chi connectivity index (χ0n) is 10.7. The van der Waals surface area contributed by atoms with Gasteiger partial charge in [-0.1, -0.05) is 11.8 Å². The lowest BCUT2D eigenvalue weighted by Gasteiger charge is -2.05. The number of nitrogen functional groups attached to an aromatic ring is 1. The molecule has 1 heterocycles. The lowest BCUT2D eigenvalue weighted by Crippen LogP contribution is -2.26. The second-order valence-corrected chi connectivity index (χ2v) is 4.68. The van der Waals surface area contributed by atoms with Crippen LogP contribution in [0.25, 0.3) is 0 Å². The molecule has 0 aliphatic rings. The number of nitrogens with one attached hydrogen (secondary N) is 1. The minimum atomic E-state index is -0.273. The van der Waals surface area contributed by atoms with Crippen molar-refractivity contribution in [3.8, 4) is 0 Å². The molecule has 1 rings (SSSR count). The van der Waals surface area contributed by atoms with Crippen LogP contribution in [-0.4, -0.2) is 36.3 Å². The molecule has 1 aromatic heterocycles. The fourth-order valence-electron chi connectivity index (χ4n) is 1.27. The Kier molecular flexibility index (Phi) is 6.73. The second kappa shape index (κ2) is 8.36. The summed E-state index contributed by atoms with van der Waals surface area (Å²) in [6, 6.07) is 3.48. The summed E-state index contributed by atoms with van der Waals surface area (Å²) < 4.78 is 4.50. The summed E-state index contributed by atoms with van der Waals surface area (Å²) in [6.07, 6.45) is 2.50. The highest BCUT2D eigenvalue weighted by atomic mass is 32.2. The van der Waals surface area contributed by atoms with Gasteiger partial charge in [0.05, 0.1) is 18.6 Å². The Morgan fingerprint density at radius 2 is 2.32 bits per heavy atom. The number of carbonyl (C=O) groups excluding carboxylic acids is 2. The molecule has 19 heavy (non-hydrogen) atoms. The Hall–Kier alpha value is -1.76. The van der Waals surface area contributed by atoms with E-state index in [9.17, 15) is 9.59 Å². The molecule has 7 heteroatoms. The van der Waals surface area contributed by atoms with E-state index in [-0.39, 0.29) is 17.6 Å². The first kappa shape index (κ1) is 15.3. The van der Waals surface area contributed by atoms with Crippen LogP contribution in [0.3, 0.4) is 0 Å². The van der Waals surface area contributed by atoms with Crippen LogP contribution in [0, 0.1) is 0 Å². The van der Waals surface area contributed by atoms with Crippen LogP contribution in [0.5, 0.6) is 0 Å². The van der Waals surface area contributed by atoms with Crippen LogP contribution in [0.4, 0.5) is 5.69 Å². The van der Waals surface area contributed by atoms with E-state index in [4.69, 9.17) is 5.73 Å². The van der Waals surface area contributed by atoms with Gasteiger partial charge < -0.3 is 15.8 Å². The highest BCUT2D eigenvalue weighted by Gasteiger charge is 2.06. The number of pyridine rings is 1. The van der Waals surface area contributed by atoms with Crippen molar-refractivity contribution in [2.75, 3.05) is 25.1 Å². The molecule has 1 amide bonds. The normalized spacial score (nSPS) is 9.95. The van der Waals surface area contributed by atoms with Crippen LogP contribution in [0.1, 0.15) is 12.8 Å². The summed E-state index contributed by atoms with van der Waals surface area (Å²) in [7, 11) is 1.34. The zero-order valence-corrected chi connectivity index (χ0v) is 11.5. The number of aromatic nitrogens is 1. The van der Waals surface area contributed by atoms with Crippen LogP contribution < -0.4 is 11.1 Å². The molecule has 104 valence electrons. The lowest BCUT2D eigenvalue weighted by molar-refractivity contribution is -0.140. The monoisotopic (exact) mass is 283 g/mol. The van der Waals surface area contributed by atoms with E-state index in [1.54, 1.807) is 18.3 Å². The van der Waals surface area contributed by atoms with Crippen molar-refractivity contribution < 1.29 is 14.3 Å². The number of amides is 1. The molecule has 0 unspecified atom stereocenters. The van der Waals surface area contributed by atoms with Crippen LogP contribution >= 0.6 is 11.8 Å². The number of hydrogen-bond donors (Lipinski definition) is 2. The van der Waals surface area contributed by atoms with Crippen molar-refractivity contribution in [1.82, 2.24) is 10.3 Å². The predicted octanol–water partition coefficient (Wildman–Crippen LogP) is 0.825. The molecule has 0 aliphatic heterocycles. The van der Waals surface area contributed by atoms with E-state index in [0.29, 0.717) is 30.1 Å². The smallest absolute Gasteiger partial charge is 0.305 e. The third kappa shape index (κ3) is 6.10. The third-order valence-corrected chi connectivity index (χ3v) is 3.27. The van der Waals surface area contributed by atoms with Gasteiger partial charge in [-0.3, -0.25) is 9.59 Å². The Morgan fingerprint density at radius 1 is 1.53 bits per heavy atom. The van der Waals surface area contributed by atoms with Gasteiger partial charge in [0.15, 0.2) is 0 Å². The molecule has 6 nitrogen and oxygen atoms in total. The fraction of sp³-hybridized carbons (Fsp3) is 0.417. The molecule has 0 atom stereocenters. The number of rotatable bonds is 7. The van der Waals surface area contributed by atoms with Crippen molar-refractivity contribution in [2.45, 2.75) is 17.9 Å². The lowest BCUT2D eigenvalue weighted by atomic mass is 10.3. The molecule has 0 saturated carbocycles. The average molecular weight is 283 g/mol. The van der Waals surface area contributed by atoms with Crippen molar-refractivity contribution in [1.29, 1.82) is 0 Å². The number of esters is 1. The number of hydrogen-bond acceptors (Lipinski definition) is 6. The summed E-state index contributed by atoms with van der Waals surface area (Å²) in [5.74, 6) is -0.135. The van der Waals surface area contributed by atoms with Crippen molar-refractivity contribution in [3.63, 3.8) is 0 Å². The molecule has 0 saturated heterocycles. The molecule has 0 aromatic carbocycles. The second-order valence-electron chi connectivity index (χ2n) is 3.72. The molecule has 1 aromatic rings. The zero-order chi connectivity index (χ0) is 14.1. The highest BCUT2D eigenvalue weighted by Crippen LogP contribution is 2.20. The molecule has 0 aliphatic carbocycles. The SMILES string of the molecule is COC(=O)CCCNC(=O)CSc1ncccc1N. The van der Waals surface area contributed by atoms with Gasteiger partial charge in [-0.2, -0.15) is 0 Å². The molecule has 3 N–H and O–H groups in total. The Bertz CT molecular complexity index is 440. The third-order valence-electron chi connectivity index (χ3n) is 2.25. The van der Waals surface area contributed by atoms with Crippen molar-refractivity contribution >= 4 is 29.3 Å². The van der Waals surface area contributed by atoms with E-state index >= 15 is 0 Å². The maximum absolute atomic E-state index is 11.5. The van der Waals surface area contributed by atoms with Crippen LogP contribution in [-0.2, 0) is 14.3 Å². The molecule has 0 spiro atoms. The Morgan fingerprint density at radius 3 is 3.00 bits per heavy atom. The highest BCUT2D eigenvalue weighted by molar-refractivity contribution is 8.00. The number of ether oxygens (including phenoxy) is 1.